The Morgan fingerprint density at radius 1 is 1.32 bits per heavy atom. The minimum atomic E-state index is -0.642. The Kier molecular flexibility index (Phi) is 5.71. The van der Waals surface area contributed by atoms with E-state index in [1.165, 1.54) is 23.9 Å². The summed E-state index contributed by atoms with van der Waals surface area (Å²) in [4.78, 5) is 20.3. The summed E-state index contributed by atoms with van der Waals surface area (Å²) in [6.45, 7) is 1.97. The van der Waals surface area contributed by atoms with Crippen LogP contribution in [0, 0.1) is 20.2 Å². The van der Waals surface area contributed by atoms with Crippen LogP contribution in [0.15, 0.2) is 18.2 Å². The Morgan fingerprint density at radius 2 is 2.00 bits per heavy atom. The molecule has 2 N–H and O–H groups in total. The van der Waals surface area contributed by atoms with E-state index in [1.54, 1.807) is 0 Å². The standard InChI is InChI=1S/C11H15N3O4S/c1-2-9(12)7-19-6-8-3-4-10(13(15)16)5-11(8)14(17)18/h3-5,9H,2,6-7,12H2,1H3. The van der Waals surface area contributed by atoms with Gasteiger partial charge in [0.25, 0.3) is 11.4 Å². The zero-order chi connectivity index (χ0) is 14.4. The van der Waals surface area contributed by atoms with Crippen LogP contribution in [-0.4, -0.2) is 21.6 Å². The molecular weight excluding hydrogens is 270 g/mol. The third-order valence-electron chi connectivity index (χ3n) is 2.59. The lowest BCUT2D eigenvalue weighted by Crippen LogP contribution is -2.21. The third-order valence-corrected chi connectivity index (χ3v) is 3.77. The van der Waals surface area contributed by atoms with Crippen LogP contribution in [0.4, 0.5) is 11.4 Å². The molecule has 0 bridgehead atoms. The van der Waals surface area contributed by atoms with E-state index in [0.29, 0.717) is 17.1 Å². The molecule has 0 saturated carbocycles. The molecule has 1 unspecified atom stereocenters. The fourth-order valence-electron chi connectivity index (χ4n) is 1.40. The van der Waals surface area contributed by atoms with Gasteiger partial charge in [-0.2, -0.15) is 11.8 Å². The van der Waals surface area contributed by atoms with Crippen LogP contribution in [-0.2, 0) is 5.75 Å². The smallest absolute Gasteiger partial charge is 0.280 e. The van der Waals surface area contributed by atoms with Crippen molar-refractivity contribution in [2.45, 2.75) is 25.1 Å². The Bertz CT molecular complexity index is 481. The molecule has 8 heteroatoms. The predicted octanol–water partition coefficient (Wildman–Crippen LogP) is 2.47. The molecule has 0 aliphatic carbocycles. The molecule has 0 aromatic heterocycles. The first kappa shape index (κ1) is 15.4. The van der Waals surface area contributed by atoms with Gasteiger partial charge in [-0.3, -0.25) is 20.2 Å². The maximum atomic E-state index is 10.9. The molecule has 0 heterocycles. The van der Waals surface area contributed by atoms with Crippen molar-refractivity contribution in [2.24, 2.45) is 5.73 Å². The molecule has 1 aromatic carbocycles. The van der Waals surface area contributed by atoms with E-state index in [-0.39, 0.29) is 17.4 Å². The van der Waals surface area contributed by atoms with Crippen molar-refractivity contribution in [2.75, 3.05) is 5.75 Å². The van der Waals surface area contributed by atoms with Crippen LogP contribution in [0.3, 0.4) is 0 Å². The summed E-state index contributed by atoms with van der Waals surface area (Å²) < 4.78 is 0. The van der Waals surface area contributed by atoms with Crippen molar-refractivity contribution in [3.8, 4) is 0 Å². The van der Waals surface area contributed by atoms with E-state index in [0.717, 1.165) is 12.5 Å². The fraction of sp³-hybridized carbons (Fsp3) is 0.455. The number of rotatable bonds is 7. The first-order valence-electron chi connectivity index (χ1n) is 5.70. The Balaban J connectivity index is 2.82. The number of benzene rings is 1. The first-order valence-corrected chi connectivity index (χ1v) is 6.86. The molecule has 0 fully saturated rings. The summed E-state index contributed by atoms with van der Waals surface area (Å²) in [7, 11) is 0. The van der Waals surface area contributed by atoms with Crippen LogP contribution in [0.25, 0.3) is 0 Å². The number of nitrogens with zero attached hydrogens (tertiary/aromatic N) is 2. The lowest BCUT2D eigenvalue weighted by Gasteiger charge is -2.08. The molecule has 0 aliphatic rings. The minimum absolute atomic E-state index is 0.0575. The number of hydrogen-bond acceptors (Lipinski definition) is 6. The lowest BCUT2D eigenvalue weighted by molar-refractivity contribution is -0.394. The molecule has 1 aromatic rings. The van der Waals surface area contributed by atoms with Gasteiger partial charge >= 0.3 is 0 Å². The van der Waals surface area contributed by atoms with Crippen LogP contribution in [0.5, 0.6) is 0 Å². The van der Waals surface area contributed by atoms with E-state index >= 15 is 0 Å². The van der Waals surface area contributed by atoms with Crippen molar-refractivity contribution in [1.29, 1.82) is 0 Å². The van der Waals surface area contributed by atoms with Crippen molar-refractivity contribution in [3.63, 3.8) is 0 Å². The van der Waals surface area contributed by atoms with Gasteiger partial charge in [0, 0.05) is 29.2 Å². The summed E-state index contributed by atoms with van der Waals surface area (Å²) in [6, 6.07) is 3.76. The molecular formula is C11H15N3O4S. The SMILES string of the molecule is CCC(N)CSCc1ccc([N+](=O)[O-])cc1[N+](=O)[O-]. The highest BCUT2D eigenvalue weighted by Gasteiger charge is 2.19. The average molecular weight is 285 g/mol. The maximum absolute atomic E-state index is 10.9. The largest absolute Gasteiger partial charge is 0.327 e. The number of non-ortho nitro benzene ring substituents is 1. The summed E-state index contributed by atoms with van der Waals surface area (Å²) in [5.41, 5.74) is 5.74. The van der Waals surface area contributed by atoms with Gasteiger partial charge < -0.3 is 5.73 Å². The van der Waals surface area contributed by atoms with E-state index in [9.17, 15) is 20.2 Å². The summed E-state index contributed by atoms with van der Waals surface area (Å²) in [5.74, 6) is 1.12. The van der Waals surface area contributed by atoms with Gasteiger partial charge in [0.2, 0.25) is 0 Å². The van der Waals surface area contributed by atoms with E-state index < -0.39 is 9.85 Å². The van der Waals surface area contributed by atoms with Gasteiger partial charge in [0.05, 0.1) is 15.9 Å². The van der Waals surface area contributed by atoms with Gasteiger partial charge in [0.15, 0.2) is 0 Å². The van der Waals surface area contributed by atoms with E-state index in [2.05, 4.69) is 0 Å². The van der Waals surface area contributed by atoms with Crippen molar-refractivity contribution < 1.29 is 9.85 Å². The van der Waals surface area contributed by atoms with E-state index in [1.807, 2.05) is 6.92 Å². The highest BCUT2D eigenvalue weighted by atomic mass is 32.2. The summed E-state index contributed by atoms with van der Waals surface area (Å²) >= 11 is 1.49. The molecule has 0 spiro atoms. The summed E-state index contributed by atoms with van der Waals surface area (Å²) in [6.07, 6.45) is 0.843. The van der Waals surface area contributed by atoms with Crippen molar-refractivity contribution >= 4 is 23.1 Å². The zero-order valence-corrected chi connectivity index (χ0v) is 11.3. The number of nitrogens with two attached hydrogens (primary N) is 1. The van der Waals surface area contributed by atoms with Gasteiger partial charge in [-0.05, 0) is 12.5 Å². The first-order chi connectivity index (χ1) is 8.95. The highest BCUT2D eigenvalue weighted by molar-refractivity contribution is 7.98. The fourth-order valence-corrected chi connectivity index (χ4v) is 2.52. The Labute approximate surface area is 114 Å². The van der Waals surface area contributed by atoms with Crippen molar-refractivity contribution in [3.05, 3.63) is 44.0 Å². The van der Waals surface area contributed by atoms with E-state index in [4.69, 9.17) is 5.73 Å². The topological polar surface area (TPSA) is 112 Å². The number of hydrogen-bond donors (Lipinski definition) is 1. The van der Waals surface area contributed by atoms with Gasteiger partial charge in [0.1, 0.15) is 0 Å². The average Bonchev–Trinajstić information content (AvgIpc) is 2.38. The second-order valence-corrected chi connectivity index (χ2v) is 5.04. The highest BCUT2D eigenvalue weighted by Crippen LogP contribution is 2.27. The van der Waals surface area contributed by atoms with Crippen LogP contribution in [0.2, 0.25) is 0 Å². The molecule has 0 radical (unpaired) electrons. The summed E-state index contributed by atoms with van der Waals surface area (Å²) in [5, 5.41) is 21.5. The predicted molar refractivity (Wildman–Crippen MR) is 74.2 cm³/mol. The molecule has 1 atom stereocenters. The van der Waals surface area contributed by atoms with Crippen LogP contribution >= 0.6 is 11.8 Å². The molecule has 0 aliphatic heterocycles. The van der Waals surface area contributed by atoms with Crippen LogP contribution < -0.4 is 5.73 Å². The van der Waals surface area contributed by atoms with Gasteiger partial charge in [-0.25, -0.2) is 0 Å². The molecule has 0 amide bonds. The second-order valence-electron chi connectivity index (χ2n) is 4.01. The quantitative estimate of drug-likeness (QED) is 0.608. The monoisotopic (exact) mass is 285 g/mol. The number of nitro benzene ring substituents is 2. The minimum Gasteiger partial charge on any atom is -0.327 e. The maximum Gasteiger partial charge on any atom is 0.280 e. The molecule has 7 nitrogen and oxygen atoms in total. The van der Waals surface area contributed by atoms with Crippen molar-refractivity contribution in [1.82, 2.24) is 0 Å². The lowest BCUT2D eigenvalue weighted by atomic mass is 10.2. The zero-order valence-electron chi connectivity index (χ0n) is 10.4. The normalized spacial score (nSPS) is 12.1. The molecule has 0 saturated heterocycles. The molecule has 1 rings (SSSR count). The molecule has 104 valence electrons. The van der Waals surface area contributed by atoms with Gasteiger partial charge in [-0.15, -0.1) is 0 Å². The van der Waals surface area contributed by atoms with Crippen LogP contribution in [0.1, 0.15) is 18.9 Å². The number of nitro groups is 2. The third kappa shape index (κ3) is 4.49. The second kappa shape index (κ2) is 7.05. The Morgan fingerprint density at radius 3 is 2.53 bits per heavy atom. The molecule has 19 heavy (non-hydrogen) atoms. The number of thioether (sulfide) groups is 1. The van der Waals surface area contributed by atoms with Gasteiger partial charge in [-0.1, -0.05) is 6.92 Å². The Hall–Kier alpha value is -1.67.